The van der Waals surface area contributed by atoms with Crippen molar-refractivity contribution in [3.05, 3.63) is 35.9 Å². The zero-order valence-corrected chi connectivity index (χ0v) is 14.1. The van der Waals surface area contributed by atoms with Gasteiger partial charge in [0.05, 0.1) is 12.5 Å². The molecule has 0 bridgehead atoms. The van der Waals surface area contributed by atoms with E-state index in [2.05, 4.69) is 0 Å². The summed E-state index contributed by atoms with van der Waals surface area (Å²) in [7, 11) is 0. The molecule has 0 saturated carbocycles. The van der Waals surface area contributed by atoms with Crippen molar-refractivity contribution in [2.45, 2.75) is 36.4 Å². The summed E-state index contributed by atoms with van der Waals surface area (Å²) in [5.74, 6) is -1.01. The first-order valence-corrected chi connectivity index (χ1v) is 6.66. The summed E-state index contributed by atoms with van der Waals surface area (Å²) in [4.78, 5) is 0. The third-order valence-corrected chi connectivity index (χ3v) is 3.75. The molecular formula is C14H21IN2O5. The molecule has 1 aliphatic rings. The summed E-state index contributed by atoms with van der Waals surface area (Å²) in [5, 5.41) is 46.7. The fraction of sp³-hybridized carbons (Fsp3) is 0.500. The van der Waals surface area contributed by atoms with E-state index in [-0.39, 0.29) is 29.8 Å². The van der Waals surface area contributed by atoms with Gasteiger partial charge in [0.2, 0.25) is 0 Å². The van der Waals surface area contributed by atoms with E-state index in [1.54, 1.807) is 30.3 Å². The summed E-state index contributed by atoms with van der Waals surface area (Å²) >= 11 is 0. The van der Waals surface area contributed by atoms with Crippen molar-refractivity contribution in [2.24, 2.45) is 5.73 Å². The Morgan fingerprint density at radius 3 is 2.23 bits per heavy atom. The molecule has 2 rings (SSSR count). The number of nitrogens with one attached hydrogen (secondary N) is 1. The molecule has 22 heavy (non-hydrogen) atoms. The van der Waals surface area contributed by atoms with Gasteiger partial charge in [-0.3, -0.25) is 5.41 Å². The van der Waals surface area contributed by atoms with E-state index in [9.17, 15) is 20.4 Å². The van der Waals surface area contributed by atoms with Crippen LogP contribution in [0.25, 0.3) is 0 Å². The topological polar surface area (TPSA) is 140 Å². The van der Waals surface area contributed by atoms with Crippen LogP contribution in [0.4, 0.5) is 0 Å². The number of nitrogens with two attached hydrogens (primary N) is 1. The zero-order valence-electron chi connectivity index (χ0n) is 11.7. The number of amidine groups is 1. The van der Waals surface area contributed by atoms with E-state index in [1.165, 1.54) is 0 Å². The smallest absolute Gasteiger partial charge is 0.111 e. The second kappa shape index (κ2) is 8.18. The second-order valence-corrected chi connectivity index (χ2v) is 5.14. The first kappa shape index (κ1) is 19.3. The predicted molar refractivity (Wildman–Crippen MR) is 90.3 cm³/mol. The van der Waals surface area contributed by atoms with Crippen molar-refractivity contribution in [2.75, 3.05) is 6.61 Å². The molecule has 0 aliphatic carbocycles. The highest BCUT2D eigenvalue weighted by Crippen LogP contribution is 2.31. The van der Waals surface area contributed by atoms with Gasteiger partial charge in [-0.15, -0.1) is 24.0 Å². The van der Waals surface area contributed by atoms with Gasteiger partial charge in [0, 0.05) is 0 Å². The van der Waals surface area contributed by atoms with Gasteiger partial charge in [0.15, 0.2) is 0 Å². The molecule has 6 atom stereocenters. The highest BCUT2D eigenvalue weighted by Gasteiger charge is 2.47. The molecule has 1 unspecified atom stereocenters. The maximum Gasteiger partial charge on any atom is 0.111 e. The van der Waals surface area contributed by atoms with E-state index in [0.717, 1.165) is 0 Å². The Bertz CT molecular complexity index is 487. The Hall–Kier alpha value is -0.780. The molecule has 7 N–H and O–H groups in total. The van der Waals surface area contributed by atoms with Crippen LogP contribution in [0.15, 0.2) is 30.3 Å². The van der Waals surface area contributed by atoms with Gasteiger partial charge in [-0.1, -0.05) is 30.3 Å². The molecule has 1 aromatic carbocycles. The maximum atomic E-state index is 10.1. The SMILES string of the molecule is I.N=C(N)C(c1ccccc1)[C@@H]1O[C@H](CO)[C@@H](O)[C@H](O)[C@@H]1O. The van der Waals surface area contributed by atoms with Crippen molar-refractivity contribution < 1.29 is 25.2 Å². The minimum atomic E-state index is -1.48. The van der Waals surface area contributed by atoms with E-state index < -0.39 is 43.0 Å². The van der Waals surface area contributed by atoms with Crippen LogP contribution < -0.4 is 5.73 Å². The second-order valence-electron chi connectivity index (χ2n) is 5.14. The Kier molecular flexibility index (Phi) is 7.16. The number of hydrogen-bond donors (Lipinski definition) is 6. The Morgan fingerprint density at radius 1 is 1.14 bits per heavy atom. The average molecular weight is 424 g/mol. The lowest BCUT2D eigenvalue weighted by Gasteiger charge is -2.43. The monoisotopic (exact) mass is 424 g/mol. The Labute approximate surface area is 145 Å². The third kappa shape index (κ3) is 3.76. The number of aliphatic hydroxyl groups excluding tert-OH is 4. The largest absolute Gasteiger partial charge is 0.394 e. The first-order chi connectivity index (χ1) is 9.97. The van der Waals surface area contributed by atoms with E-state index in [4.69, 9.17) is 15.9 Å². The normalized spacial score (nSPS) is 32.8. The molecule has 0 amide bonds. The molecule has 1 fully saturated rings. The lowest BCUT2D eigenvalue weighted by Crippen LogP contribution is -2.61. The highest BCUT2D eigenvalue weighted by molar-refractivity contribution is 14.0. The van der Waals surface area contributed by atoms with Crippen LogP contribution in [-0.4, -0.2) is 63.4 Å². The number of halogens is 1. The molecule has 0 radical (unpaired) electrons. The molecule has 1 aromatic rings. The van der Waals surface area contributed by atoms with Crippen LogP contribution in [0, 0.1) is 5.41 Å². The van der Waals surface area contributed by atoms with Crippen LogP contribution in [0.5, 0.6) is 0 Å². The summed E-state index contributed by atoms with van der Waals surface area (Å²) in [6, 6.07) is 8.78. The maximum absolute atomic E-state index is 10.1. The standard InChI is InChI=1S/C14H20N2O5.HI/c15-14(16)9(7-4-2-1-3-5-7)13-12(20)11(19)10(18)8(6-17)21-13;/h1-5,8-13,17-20H,6H2,(H3,15,16);1H/t8-,9?,10-,11+,12+,13+;/m1./s1. The van der Waals surface area contributed by atoms with Crippen molar-refractivity contribution in [3.63, 3.8) is 0 Å². The highest BCUT2D eigenvalue weighted by atomic mass is 127. The number of benzene rings is 1. The van der Waals surface area contributed by atoms with Crippen LogP contribution in [-0.2, 0) is 4.74 Å². The molecule has 1 heterocycles. The van der Waals surface area contributed by atoms with Gasteiger partial charge in [-0.05, 0) is 5.56 Å². The number of aliphatic hydroxyl groups is 4. The quantitative estimate of drug-likeness (QED) is 0.212. The molecule has 8 heteroatoms. The number of hydrogen-bond acceptors (Lipinski definition) is 6. The van der Waals surface area contributed by atoms with E-state index in [1.807, 2.05) is 0 Å². The zero-order chi connectivity index (χ0) is 15.6. The number of ether oxygens (including phenoxy) is 1. The fourth-order valence-corrected chi connectivity index (χ4v) is 2.61. The molecule has 124 valence electrons. The van der Waals surface area contributed by atoms with E-state index >= 15 is 0 Å². The van der Waals surface area contributed by atoms with Crippen LogP contribution >= 0.6 is 24.0 Å². The van der Waals surface area contributed by atoms with Gasteiger partial charge in [0.1, 0.15) is 36.4 Å². The van der Waals surface area contributed by atoms with Gasteiger partial charge in [-0.25, -0.2) is 0 Å². The molecule has 0 aromatic heterocycles. The summed E-state index contributed by atoms with van der Waals surface area (Å²) < 4.78 is 5.48. The lowest BCUT2D eigenvalue weighted by molar-refractivity contribution is -0.230. The van der Waals surface area contributed by atoms with Crippen LogP contribution in [0.2, 0.25) is 0 Å². The number of rotatable bonds is 4. The van der Waals surface area contributed by atoms with Crippen molar-refractivity contribution >= 4 is 29.8 Å². The Balaban J connectivity index is 0.00000242. The van der Waals surface area contributed by atoms with Crippen LogP contribution in [0.3, 0.4) is 0 Å². The summed E-state index contributed by atoms with van der Waals surface area (Å²) in [6.45, 7) is -0.513. The molecule has 1 saturated heterocycles. The summed E-state index contributed by atoms with van der Waals surface area (Å²) in [6.07, 6.45) is -6.37. The van der Waals surface area contributed by atoms with Gasteiger partial charge in [0.25, 0.3) is 0 Å². The minimum Gasteiger partial charge on any atom is -0.394 e. The lowest BCUT2D eigenvalue weighted by atomic mass is 9.83. The van der Waals surface area contributed by atoms with Crippen molar-refractivity contribution in [3.8, 4) is 0 Å². The predicted octanol–water partition coefficient (Wildman–Crippen LogP) is -0.833. The minimum absolute atomic E-state index is 0. The van der Waals surface area contributed by atoms with E-state index in [0.29, 0.717) is 5.56 Å². The van der Waals surface area contributed by atoms with Gasteiger partial charge in [-0.2, -0.15) is 0 Å². The van der Waals surface area contributed by atoms with Gasteiger partial charge < -0.3 is 30.9 Å². The molecule has 1 aliphatic heterocycles. The molecular weight excluding hydrogens is 403 g/mol. The fourth-order valence-electron chi connectivity index (χ4n) is 2.61. The first-order valence-electron chi connectivity index (χ1n) is 6.66. The third-order valence-electron chi connectivity index (χ3n) is 3.75. The molecule has 0 spiro atoms. The van der Waals surface area contributed by atoms with Crippen molar-refractivity contribution in [1.82, 2.24) is 0 Å². The average Bonchev–Trinajstić information content (AvgIpc) is 2.48. The summed E-state index contributed by atoms with van der Waals surface area (Å²) in [5.41, 5.74) is 6.26. The van der Waals surface area contributed by atoms with Crippen molar-refractivity contribution in [1.29, 1.82) is 5.41 Å². The van der Waals surface area contributed by atoms with Crippen LogP contribution in [0.1, 0.15) is 11.5 Å². The Morgan fingerprint density at radius 2 is 1.73 bits per heavy atom. The van der Waals surface area contributed by atoms with Gasteiger partial charge >= 0.3 is 0 Å². The molecule has 7 nitrogen and oxygen atoms in total.